The largest absolute Gasteiger partial charge is 0.481 e. The molecule has 0 unspecified atom stereocenters. The van der Waals surface area contributed by atoms with Crippen molar-refractivity contribution >= 4 is 33.3 Å². The molecule has 0 saturated heterocycles. The molecule has 3 aromatic rings. The number of carbonyl (C=O) groups is 1. The molecule has 2 heterocycles. The zero-order valence-corrected chi connectivity index (χ0v) is 14.5. The summed E-state index contributed by atoms with van der Waals surface area (Å²) in [7, 11) is 0. The van der Waals surface area contributed by atoms with Crippen molar-refractivity contribution < 1.29 is 9.90 Å². The molecule has 0 radical (unpaired) electrons. The van der Waals surface area contributed by atoms with Gasteiger partial charge in [0, 0.05) is 23.4 Å². The molecule has 0 aliphatic rings. The lowest BCUT2D eigenvalue weighted by Crippen LogP contribution is -2.06. The summed E-state index contributed by atoms with van der Waals surface area (Å²) in [6.07, 6.45) is 2.26. The van der Waals surface area contributed by atoms with Crippen LogP contribution in [0, 0.1) is 13.8 Å². The van der Waals surface area contributed by atoms with E-state index in [4.69, 9.17) is 5.11 Å². The number of anilines is 1. The Kier molecular flexibility index (Phi) is 4.76. The molecule has 6 heteroatoms. The Morgan fingerprint density at radius 3 is 2.67 bits per heavy atom. The molecule has 24 heavy (non-hydrogen) atoms. The molecule has 0 amide bonds. The third-order valence-electron chi connectivity index (χ3n) is 3.86. The predicted molar refractivity (Wildman–Crippen MR) is 97.7 cm³/mol. The standard InChI is InChI=1S/C18H19N3O2S/c1-11-5-7-13(8-6-11)15-12(2)24-18-16(15)17(20-10-21-18)19-9-3-4-14(22)23/h5-8,10H,3-4,9H2,1-2H3,(H,22,23)(H,19,20,21). The van der Waals surface area contributed by atoms with Crippen molar-refractivity contribution in [3.05, 3.63) is 41.0 Å². The van der Waals surface area contributed by atoms with E-state index < -0.39 is 5.97 Å². The number of hydrogen-bond acceptors (Lipinski definition) is 5. The number of aryl methyl sites for hydroxylation is 2. The quantitative estimate of drug-likeness (QED) is 0.656. The zero-order chi connectivity index (χ0) is 17.1. The number of aliphatic carboxylic acids is 1. The summed E-state index contributed by atoms with van der Waals surface area (Å²) < 4.78 is 0. The van der Waals surface area contributed by atoms with Gasteiger partial charge in [-0.1, -0.05) is 29.8 Å². The molecule has 124 valence electrons. The summed E-state index contributed by atoms with van der Waals surface area (Å²) in [6.45, 7) is 4.73. The van der Waals surface area contributed by atoms with Crippen LogP contribution in [0.3, 0.4) is 0 Å². The number of carboxylic acid groups (broad SMARTS) is 1. The van der Waals surface area contributed by atoms with Gasteiger partial charge in [0.2, 0.25) is 0 Å². The first-order valence-electron chi connectivity index (χ1n) is 7.83. The molecular formula is C18H19N3O2S. The maximum atomic E-state index is 10.6. The van der Waals surface area contributed by atoms with Gasteiger partial charge in [0.05, 0.1) is 5.39 Å². The summed E-state index contributed by atoms with van der Waals surface area (Å²) in [4.78, 5) is 21.6. The van der Waals surface area contributed by atoms with E-state index in [0.717, 1.165) is 27.2 Å². The Balaban J connectivity index is 1.98. The van der Waals surface area contributed by atoms with Gasteiger partial charge in [-0.15, -0.1) is 11.3 Å². The molecule has 3 rings (SSSR count). The van der Waals surface area contributed by atoms with Crippen LogP contribution in [0.15, 0.2) is 30.6 Å². The second-order valence-corrected chi connectivity index (χ2v) is 6.93. The molecular weight excluding hydrogens is 322 g/mol. The van der Waals surface area contributed by atoms with Gasteiger partial charge in [0.1, 0.15) is 17.0 Å². The first-order valence-corrected chi connectivity index (χ1v) is 8.64. The topological polar surface area (TPSA) is 75.1 Å². The van der Waals surface area contributed by atoms with Crippen LogP contribution in [0.4, 0.5) is 5.82 Å². The monoisotopic (exact) mass is 341 g/mol. The highest BCUT2D eigenvalue weighted by molar-refractivity contribution is 7.19. The van der Waals surface area contributed by atoms with Gasteiger partial charge in [-0.25, -0.2) is 9.97 Å². The number of carboxylic acids is 1. The van der Waals surface area contributed by atoms with Crippen molar-refractivity contribution in [3.8, 4) is 11.1 Å². The van der Waals surface area contributed by atoms with Crippen LogP contribution < -0.4 is 5.32 Å². The van der Waals surface area contributed by atoms with Crippen LogP contribution >= 0.6 is 11.3 Å². The Labute approximate surface area is 144 Å². The number of aromatic nitrogens is 2. The van der Waals surface area contributed by atoms with E-state index >= 15 is 0 Å². The minimum Gasteiger partial charge on any atom is -0.481 e. The van der Waals surface area contributed by atoms with Crippen molar-refractivity contribution in [2.24, 2.45) is 0 Å². The second kappa shape index (κ2) is 6.97. The maximum Gasteiger partial charge on any atom is 0.303 e. The second-order valence-electron chi connectivity index (χ2n) is 5.73. The number of hydrogen-bond donors (Lipinski definition) is 2. The van der Waals surface area contributed by atoms with Gasteiger partial charge < -0.3 is 10.4 Å². The molecule has 5 nitrogen and oxygen atoms in total. The molecule has 2 N–H and O–H groups in total. The third-order valence-corrected chi connectivity index (χ3v) is 4.88. The van der Waals surface area contributed by atoms with Crippen LogP contribution in [-0.4, -0.2) is 27.6 Å². The summed E-state index contributed by atoms with van der Waals surface area (Å²) >= 11 is 1.65. The van der Waals surface area contributed by atoms with E-state index in [1.54, 1.807) is 17.7 Å². The fraction of sp³-hybridized carbons (Fsp3) is 0.278. The number of thiophene rings is 1. The van der Waals surface area contributed by atoms with E-state index in [2.05, 4.69) is 53.4 Å². The number of nitrogens with zero attached hydrogens (tertiary/aromatic N) is 2. The minimum absolute atomic E-state index is 0.148. The zero-order valence-electron chi connectivity index (χ0n) is 13.7. The summed E-state index contributed by atoms with van der Waals surface area (Å²) in [5.74, 6) is -0.0123. The van der Waals surface area contributed by atoms with Crippen LogP contribution in [0.25, 0.3) is 21.3 Å². The van der Waals surface area contributed by atoms with Crippen molar-refractivity contribution in [1.29, 1.82) is 0 Å². The Hall–Kier alpha value is -2.47. The lowest BCUT2D eigenvalue weighted by atomic mass is 10.0. The van der Waals surface area contributed by atoms with Crippen molar-refractivity contribution in [1.82, 2.24) is 9.97 Å². The van der Waals surface area contributed by atoms with Crippen molar-refractivity contribution in [2.45, 2.75) is 26.7 Å². The average molecular weight is 341 g/mol. The molecule has 0 fully saturated rings. The molecule has 0 bridgehead atoms. The Bertz CT molecular complexity index is 872. The third kappa shape index (κ3) is 3.38. The van der Waals surface area contributed by atoms with Crippen LogP contribution in [0.2, 0.25) is 0 Å². The normalized spacial score (nSPS) is 10.9. The van der Waals surface area contributed by atoms with Gasteiger partial charge >= 0.3 is 5.97 Å². The first kappa shape index (κ1) is 16.4. The molecule has 0 spiro atoms. The molecule has 0 saturated carbocycles. The number of fused-ring (bicyclic) bond motifs is 1. The summed E-state index contributed by atoms with van der Waals surface area (Å²) in [5, 5.41) is 13.0. The number of nitrogens with one attached hydrogen (secondary N) is 1. The van der Waals surface area contributed by atoms with Crippen LogP contribution in [0.5, 0.6) is 0 Å². The van der Waals surface area contributed by atoms with Crippen LogP contribution in [0.1, 0.15) is 23.3 Å². The smallest absolute Gasteiger partial charge is 0.303 e. The van der Waals surface area contributed by atoms with Crippen molar-refractivity contribution in [3.63, 3.8) is 0 Å². The fourth-order valence-electron chi connectivity index (χ4n) is 2.69. The molecule has 0 atom stereocenters. The van der Waals surface area contributed by atoms with Crippen LogP contribution in [-0.2, 0) is 4.79 Å². The highest BCUT2D eigenvalue weighted by Crippen LogP contribution is 2.40. The summed E-state index contributed by atoms with van der Waals surface area (Å²) in [5.41, 5.74) is 3.52. The average Bonchev–Trinajstić information content (AvgIpc) is 2.89. The van der Waals surface area contributed by atoms with Crippen molar-refractivity contribution in [2.75, 3.05) is 11.9 Å². The number of rotatable bonds is 6. The molecule has 0 aliphatic carbocycles. The van der Waals surface area contributed by atoms with Gasteiger partial charge in [-0.2, -0.15) is 0 Å². The van der Waals surface area contributed by atoms with E-state index in [-0.39, 0.29) is 6.42 Å². The first-order chi connectivity index (χ1) is 11.6. The highest BCUT2D eigenvalue weighted by Gasteiger charge is 2.16. The summed E-state index contributed by atoms with van der Waals surface area (Å²) in [6, 6.07) is 8.43. The van der Waals surface area contributed by atoms with Gasteiger partial charge in [-0.05, 0) is 25.8 Å². The highest BCUT2D eigenvalue weighted by atomic mass is 32.1. The van der Waals surface area contributed by atoms with Gasteiger partial charge in [0.15, 0.2) is 0 Å². The van der Waals surface area contributed by atoms with E-state index in [9.17, 15) is 4.79 Å². The maximum absolute atomic E-state index is 10.6. The van der Waals surface area contributed by atoms with Gasteiger partial charge in [0.25, 0.3) is 0 Å². The Morgan fingerprint density at radius 1 is 1.21 bits per heavy atom. The van der Waals surface area contributed by atoms with E-state index in [1.165, 1.54) is 10.4 Å². The molecule has 0 aliphatic heterocycles. The molecule has 1 aromatic carbocycles. The van der Waals surface area contributed by atoms with E-state index in [0.29, 0.717) is 13.0 Å². The lowest BCUT2D eigenvalue weighted by molar-refractivity contribution is -0.137. The van der Waals surface area contributed by atoms with E-state index in [1.807, 2.05) is 0 Å². The minimum atomic E-state index is -0.781. The van der Waals surface area contributed by atoms with Gasteiger partial charge in [-0.3, -0.25) is 4.79 Å². The SMILES string of the molecule is Cc1ccc(-c2c(C)sc3ncnc(NCCCC(=O)O)c23)cc1. The Morgan fingerprint density at radius 2 is 1.96 bits per heavy atom. The fourth-order valence-corrected chi connectivity index (χ4v) is 3.71. The molecule has 2 aromatic heterocycles. The predicted octanol–water partition coefficient (Wildman–Crippen LogP) is 4.25. The number of benzene rings is 1. The lowest BCUT2D eigenvalue weighted by Gasteiger charge is -2.08.